The van der Waals surface area contributed by atoms with E-state index in [1.165, 1.54) is 0 Å². The number of rotatable bonds is 3. The van der Waals surface area contributed by atoms with Crippen LogP contribution in [0.3, 0.4) is 0 Å². The van der Waals surface area contributed by atoms with Crippen LogP contribution in [0.2, 0.25) is 0 Å². The summed E-state index contributed by atoms with van der Waals surface area (Å²) in [5.74, 6) is -0.482. The van der Waals surface area contributed by atoms with Crippen molar-refractivity contribution in [3.63, 3.8) is 0 Å². The minimum Gasteiger partial charge on any atom is -0.477 e. The van der Waals surface area contributed by atoms with Crippen molar-refractivity contribution < 1.29 is 9.90 Å². The number of fused-ring (bicyclic) bond motifs is 1. The molecule has 2 heterocycles. The molecule has 0 aliphatic carbocycles. The molecule has 0 saturated heterocycles. The minimum atomic E-state index is -0.881. The highest BCUT2D eigenvalue weighted by molar-refractivity contribution is 5.88. The molecular formula is C10H15N3O2. The van der Waals surface area contributed by atoms with Crippen LogP contribution in [0.1, 0.15) is 35.6 Å². The Kier molecular flexibility index (Phi) is 2.48. The minimum absolute atomic E-state index is 0.351. The molecule has 1 aliphatic heterocycles. The third-order valence-corrected chi connectivity index (χ3v) is 2.47. The molecule has 2 N–H and O–H groups in total. The van der Waals surface area contributed by atoms with Crippen LogP contribution >= 0.6 is 0 Å². The van der Waals surface area contributed by atoms with Crippen molar-refractivity contribution >= 4 is 5.97 Å². The monoisotopic (exact) mass is 209 g/mol. The number of aromatic carboxylic acids is 1. The van der Waals surface area contributed by atoms with Crippen LogP contribution < -0.4 is 5.32 Å². The summed E-state index contributed by atoms with van der Waals surface area (Å²) in [6.45, 7) is 6.07. The van der Waals surface area contributed by atoms with Crippen molar-refractivity contribution in [2.75, 3.05) is 0 Å². The molecule has 15 heavy (non-hydrogen) atoms. The molecule has 0 amide bonds. The van der Waals surface area contributed by atoms with E-state index >= 15 is 0 Å². The molecule has 0 unspecified atom stereocenters. The van der Waals surface area contributed by atoms with Gasteiger partial charge in [0.05, 0.1) is 5.69 Å². The summed E-state index contributed by atoms with van der Waals surface area (Å²) >= 11 is 0. The molecule has 0 aromatic carbocycles. The Labute approximate surface area is 88.1 Å². The molecule has 0 saturated carbocycles. The molecule has 5 heteroatoms. The molecule has 2 rings (SSSR count). The summed E-state index contributed by atoms with van der Waals surface area (Å²) in [5.41, 5.74) is 2.08. The molecule has 1 aromatic heterocycles. The zero-order valence-corrected chi connectivity index (χ0v) is 8.95. The first kappa shape index (κ1) is 10.2. The smallest absolute Gasteiger partial charge is 0.354 e. The second kappa shape index (κ2) is 3.66. The van der Waals surface area contributed by atoms with Gasteiger partial charge in [-0.3, -0.25) is 4.68 Å². The van der Waals surface area contributed by atoms with E-state index in [0.717, 1.165) is 11.3 Å². The van der Waals surface area contributed by atoms with Crippen LogP contribution in [0.25, 0.3) is 0 Å². The summed E-state index contributed by atoms with van der Waals surface area (Å²) in [4.78, 5) is 11.1. The summed E-state index contributed by atoms with van der Waals surface area (Å²) in [5, 5.41) is 16.6. The number of hydrogen-bond acceptors (Lipinski definition) is 3. The molecule has 0 atom stereocenters. The maximum Gasteiger partial charge on any atom is 0.354 e. The van der Waals surface area contributed by atoms with Crippen molar-refractivity contribution in [1.29, 1.82) is 0 Å². The molecular weight excluding hydrogens is 194 g/mol. The highest BCUT2D eigenvalue weighted by atomic mass is 16.4. The fourth-order valence-electron chi connectivity index (χ4n) is 1.90. The van der Waals surface area contributed by atoms with Crippen molar-refractivity contribution in [2.45, 2.75) is 33.5 Å². The molecule has 0 radical (unpaired) electrons. The Balaban J connectivity index is 2.42. The van der Waals surface area contributed by atoms with Gasteiger partial charge in [-0.15, -0.1) is 0 Å². The van der Waals surface area contributed by atoms with Gasteiger partial charge < -0.3 is 10.4 Å². The first-order valence-electron chi connectivity index (χ1n) is 5.12. The third kappa shape index (κ3) is 1.74. The number of carboxylic acids is 1. The summed E-state index contributed by atoms with van der Waals surface area (Å²) in [7, 11) is 0. The van der Waals surface area contributed by atoms with Gasteiger partial charge in [0, 0.05) is 25.2 Å². The zero-order valence-electron chi connectivity index (χ0n) is 8.95. The van der Waals surface area contributed by atoms with E-state index in [4.69, 9.17) is 5.11 Å². The average Bonchev–Trinajstić information content (AvgIpc) is 2.60. The van der Waals surface area contributed by atoms with E-state index < -0.39 is 5.97 Å². The van der Waals surface area contributed by atoms with E-state index in [9.17, 15) is 4.79 Å². The van der Waals surface area contributed by atoms with E-state index in [2.05, 4.69) is 24.3 Å². The molecule has 5 nitrogen and oxygen atoms in total. The summed E-state index contributed by atoms with van der Waals surface area (Å²) < 4.78 is 1.62. The largest absolute Gasteiger partial charge is 0.477 e. The second-order valence-corrected chi connectivity index (χ2v) is 4.26. The lowest BCUT2D eigenvalue weighted by atomic mass is 10.2. The van der Waals surface area contributed by atoms with E-state index in [1.54, 1.807) is 4.68 Å². The molecule has 0 fully saturated rings. The van der Waals surface area contributed by atoms with Crippen molar-refractivity contribution in [3.05, 3.63) is 17.0 Å². The molecule has 82 valence electrons. The van der Waals surface area contributed by atoms with Gasteiger partial charge in [0.2, 0.25) is 0 Å². The quantitative estimate of drug-likeness (QED) is 0.774. The number of nitrogens with zero attached hydrogens (tertiary/aromatic N) is 2. The Morgan fingerprint density at radius 3 is 2.93 bits per heavy atom. The molecule has 1 aromatic rings. The van der Waals surface area contributed by atoms with Crippen LogP contribution in [0.4, 0.5) is 0 Å². The third-order valence-electron chi connectivity index (χ3n) is 2.47. The second-order valence-electron chi connectivity index (χ2n) is 4.26. The molecule has 1 aliphatic rings. The van der Waals surface area contributed by atoms with Crippen LogP contribution in [0, 0.1) is 5.92 Å². The maximum atomic E-state index is 11.1. The Hall–Kier alpha value is -1.36. The predicted molar refractivity (Wildman–Crippen MR) is 54.6 cm³/mol. The standard InChI is InChI=1S/C10H15N3O2/c1-6(2)5-13-9(10(14)15)7-3-11-4-8(7)12-13/h6,11H,3-5H2,1-2H3,(H,14,15). The first-order valence-corrected chi connectivity index (χ1v) is 5.12. The highest BCUT2D eigenvalue weighted by Crippen LogP contribution is 2.20. The highest BCUT2D eigenvalue weighted by Gasteiger charge is 2.26. The lowest BCUT2D eigenvalue weighted by molar-refractivity contribution is 0.0681. The zero-order chi connectivity index (χ0) is 11.0. The first-order chi connectivity index (χ1) is 7.09. The SMILES string of the molecule is CC(C)Cn1nc2c(c1C(=O)O)CNC2. The van der Waals surface area contributed by atoms with Gasteiger partial charge in [0.25, 0.3) is 0 Å². The van der Waals surface area contributed by atoms with Gasteiger partial charge in [-0.1, -0.05) is 13.8 Å². The van der Waals surface area contributed by atoms with Crippen molar-refractivity contribution in [1.82, 2.24) is 15.1 Å². The van der Waals surface area contributed by atoms with Crippen molar-refractivity contribution in [3.8, 4) is 0 Å². The molecule has 0 bridgehead atoms. The number of hydrogen-bond donors (Lipinski definition) is 2. The van der Waals surface area contributed by atoms with E-state index in [1.807, 2.05) is 0 Å². The number of carbonyl (C=O) groups is 1. The average molecular weight is 209 g/mol. The fraction of sp³-hybridized carbons (Fsp3) is 0.600. The topological polar surface area (TPSA) is 67.2 Å². The Bertz CT molecular complexity index is 396. The lowest BCUT2D eigenvalue weighted by Gasteiger charge is -2.08. The van der Waals surface area contributed by atoms with Gasteiger partial charge >= 0.3 is 5.97 Å². The Morgan fingerprint density at radius 1 is 1.60 bits per heavy atom. The summed E-state index contributed by atoms with van der Waals surface area (Å²) in [6.07, 6.45) is 0. The normalized spacial score (nSPS) is 14.6. The fourth-order valence-corrected chi connectivity index (χ4v) is 1.90. The van der Waals surface area contributed by atoms with Crippen LogP contribution in [-0.4, -0.2) is 20.9 Å². The van der Waals surface area contributed by atoms with Gasteiger partial charge in [0.1, 0.15) is 0 Å². The summed E-state index contributed by atoms with van der Waals surface area (Å²) in [6, 6.07) is 0. The number of carboxylic acid groups (broad SMARTS) is 1. The van der Waals surface area contributed by atoms with Crippen LogP contribution in [0.5, 0.6) is 0 Å². The van der Waals surface area contributed by atoms with Crippen molar-refractivity contribution in [2.24, 2.45) is 5.92 Å². The van der Waals surface area contributed by atoms with E-state index in [0.29, 0.717) is 31.2 Å². The van der Waals surface area contributed by atoms with Crippen LogP contribution in [-0.2, 0) is 19.6 Å². The Morgan fingerprint density at radius 2 is 2.33 bits per heavy atom. The maximum absolute atomic E-state index is 11.1. The number of nitrogens with one attached hydrogen (secondary N) is 1. The van der Waals surface area contributed by atoms with Gasteiger partial charge in [-0.05, 0) is 5.92 Å². The van der Waals surface area contributed by atoms with E-state index in [-0.39, 0.29) is 0 Å². The van der Waals surface area contributed by atoms with Crippen LogP contribution in [0.15, 0.2) is 0 Å². The van der Waals surface area contributed by atoms with Gasteiger partial charge in [0.15, 0.2) is 5.69 Å². The number of aromatic nitrogens is 2. The van der Waals surface area contributed by atoms with Gasteiger partial charge in [-0.25, -0.2) is 4.79 Å². The van der Waals surface area contributed by atoms with Gasteiger partial charge in [-0.2, -0.15) is 5.10 Å². The molecule has 0 spiro atoms. The predicted octanol–water partition coefficient (Wildman–Crippen LogP) is 0.840. The lowest BCUT2D eigenvalue weighted by Crippen LogP contribution is -2.17.